The molecule has 0 unspecified atom stereocenters. The van der Waals surface area contributed by atoms with Crippen molar-refractivity contribution in [3.05, 3.63) is 53.6 Å². The van der Waals surface area contributed by atoms with Crippen molar-refractivity contribution in [2.75, 3.05) is 30.5 Å². The molecule has 11 heteroatoms. The third-order valence-corrected chi connectivity index (χ3v) is 8.30. The lowest BCUT2D eigenvalue weighted by atomic mass is 10.1. The Balaban J connectivity index is 1.54. The average molecular weight is 478 g/mol. The molecule has 8 nitrogen and oxygen atoms in total. The number of nitrogens with one attached hydrogen (secondary N) is 2. The van der Waals surface area contributed by atoms with Gasteiger partial charge in [-0.15, -0.1) is 10.2 Å². The lowest BCUT2D eigenvalue weighted by molar-refractivity contribution is -0.113. The summed E-state index contributed by atoms with van der Waals surface area (Å²) < 4.78 is 26.0. The second kappa shape index (κ2) is 9.77. The molecule has 0 saturated heterocycles. The van der Waals surface area contributed by atoms with Crippen molar-refractivity contribution in [1.29, 1.82) is 0 Å². The molecule has 2 N–H and O–H groups in total. The van der Waals surface area contributed by atoms with Crippen LogP contribution in [0.5, 0.6) is 0 Å². The third-order valence-electron chi connectivity index (χ3n) is 4.50. The van der Waals surface area contributed by atoms with Crippen LogP contribution in [0.2, 0.25) is 0 Å². The van der Waals surface area contributed by atoms with Gasteiger partial charge in [0.1, 0.15) is 0 Å². The van der Waals surface area contributed by atoms with Crippen molar-refractivity contribution in [3.8, 4) is 0 Å². The summed E-state index contributed by atoms with van der Waals surface area (Å²) in [7, 11) is -0.555. The number of rotatable bonds is 8. The predicted octanol–water partition coefficient (Wildman–Crippen LogP) is 3.88. The van der Waals surface area contributed by atoms with E-state index in [1.165, 1.54) is 54.9 Å². The normalized spacial score (nSPS) is 11.5. The Bertz CT molecular complexity index is 1180. The van der Waals surface area contributed by atoms with Gasteiger partial charge in [0.05, 0.1) is 10.6 Å². The van der Waals surface area contributed by atoms with Gasteiger partial charge in [0.25, 0.3) is 0 Å². The number of amides is 1. The molecular formula is C20H23N5O3S3. The van der Waals surface area contributed by atoms with Crippen molar-refractivity contribution >= 4 is 55.5 Å². The molecule has 0 radical (unpaired) electrons. The highest BCUT2D eigenvalue weighted by Crippen LogP contribution is 2.29. The van der Waals surface area contributed by atoms with E-state index in [1.54, 1.807) is 12.1 Å². The first-order chi connectivity index (χ1) is 14.7. The van der Waals surface area contributed by atoms with Gasteiger partial charge in [0, 0.05) is 25.5 Å². The van der Waals surface area contributed by atoms with Crippen LogP contribution in [-0.2, 0) is 14.8 Å². The smallest absolute Gasteiger partial charge is 0.242 e. The van der Waals surface area contributed by atoms with E-state index >= 15 is 0 Å². The largest absolute Gasteiger partial charge is 0.330 e. The monoisotopic (exact) mass is 477 g/mol. The first-order valence-electron chi connectivity index (χ1n) is 9.29. The summed E-state index contributed by atoms with van der Waals surface area (Å²) in [5.74, 6) is -0.0528. The molecule has 0 aliphatic carbocycles. The van der Waals surface area contributed by atoms with Gasteiger partial charge in [-0.3, -0.25) is 4.79 Å². The second-order valence-corrected chi connectivity index (χ2v) is 11.2. The lowest BCUT2D eigenvalue weighted by Gasteiger charge is -2.11. The number of aromatic nitrogens is 2. The topological polar surface area (TPSA) is 104 Å². The van der Waals surface area contributed by atoms with Gasteiger partial charge >= 0.3 is 0 Å². The van der Waals surface area contributed by atoms with Crippen LogP contribution in [0.15, 0.2) is 51.7 Å². The molecule has 164 valence electrons. The van der Waals surface area contributed by atoms with E-state index in [4.69, 9.17) is 0 Å². The van der Waals surface area contributed by atoms with E-state index in [2.05, 4.69) is 33.8 Å². The zero-order valence-corrected chi connectivity index (χ0v) is 20.0. The fraction of sp³-hybridized carbons (Fsp3) is 0.250. The third kappa shape index (κ3) is 5.82. The zero-order valence-electron chi connectivity index (χ0n) is 17.5. The Morgan fingerprint density at radius 2 is 1.81 bits per heavy atom. The minimum atomic E-state index is -3.50. The van der Waals surface area contributed by atoms with Gasteiger partial charge in [0.2, 0.25) is 21.1 Å². The van der Waals surface area contributed by atoms with E-state index in [0.717, 1.165) is 15.6 Å². The van der Waals surface area contributed by atoms with E-state index in [0.29, 0.717) is 15.2 Å². The Morgan fingerprint density at radius 1 is 1.10 bits per heavy atom. The van der Waals surface area contributed by atoms with Gasteiger partial charge in [-0.1, -0.05) is 35.2 Å². The molecule has 0 atom stereocenters. The molecule has 2 aromatic carbocycles. The lowest BCUT2D eigenvalue weighted by Crippen LogP contribution is -2.22. The summed E-state index contributed by atoms with van der Waals surface area (Å²) >= 11 is 2.66. The Morgan fingerprint density at radius 3 is 2.48 bits per heavy atom. The summed E-state index contributed by atoms with van der Waals surface area (Å²) in [6.45, 7) is 4.09. The van der Waals surface area contributed by atoms with Crippen LogP contribution in [0.25, 0.3) is 0 Å². The van der Waals surface area contributed by atoms with Gasteiger partial charge in [0.15, 0.2) is 4.34 Å². The number of aryl methyl sites for hydroxylation is 1. The number of hydrogen-bond acceptors (Lipinski definition) is 8. The number of carbonyl (C=O) groups excluding carboxylic acids is 1. The highest BCUT2D eigenvalue weighted by molar-refractivity contribution is 8.01. The van der Waals surface area contributed by atoms with E-state index in [1.807, 2.05) is 19.1 Å². The van der Waals surface area contributed by atoms with Crippen molar-refractivity contribution in [1.82, 2.24) is 14.5 Å². The quantitative estimate of drug-likeness (QED) is 0.475. The summed E-state index contributed by atoms with van der Waals surface area (Å²) in [4.78, 5) is 12.4. The summed E-state index contributed by atoms with van der Waals surface area (Å²) in [5, 5.41) is 14.9. The van der Waals surface area contributed by atoms with Crippen LogP contribution in [0.1, 0.15) is 11.1 Å². The number of thioether (sulfide) groups is 1. The molecule has 1 aromatic heterocycles. The molecule has 0 saturated carbocycles. The molecule has 1 heterocycles. The zero-order chi connectivity index (χ0) is 22.6. The number of nitrogens with zero attached hydrogens (tertiary/aromatic N) is 3. The van der Waals surface area contributed by atoms with Crippen LogP contribution in [0.3, 0.4) is 0 Å². The SMILES string of the molecule is Cc1cccc(Nc2nnc(SCC(=O)Nc3ccc(S(=O)(=O)N(C)C)cc3)s2)c1C. The minimum Gasteiger partial charge on any atom is -0.330 e. The van der Waals surface area contributed by atoms with Crippen LogP contribution in [0.4, 0.5) is 16.5 Å². The van der Waals surface area contributed by atoms with Crippen LogP contribution in [0, 0.1) is 13.8 Å². The number of sulfonamides is 1. The molecule has 1 amide bonds. The average Bonchev–Trinajstić information content (AvgIpc) is 3.17. The molecule has 31 heavy (non-hydrogen) atoms. The highest BCUT2D eigenvalue weighted by Gasteiger charge is 2.17. The maximum atomic E-state index is 12.2. The summed E-state index contributed by atoms with van der Waals surface area (Å²) in [5.41, 5.74) is 3.84. The van der Waals surface area contributed by atoms with Crippen molar-refractivity contribution in [2.45, 2.75) is 23.1 Å². The number of benzene rings is 2. The number of carbonyl (C=O) groups is 1. The van der Waals surface area contributed by atoms with Crippen molar-refractivity contribution in [2.24, 2.45) is 0 Å². The fourth-order valence-corrected chi connectivity index (χ4v) is 5.03. The van der Waals surface area contributed by atoms with Crippen molar-refractivity contribution < 1.29 is 13.2 Å². The second-order valence-electron chi connectivity index (χ2n) is 6.89. The maximum absolute atomic E-state index is 12.2. The van der Waals surface area contributed by atoms with Crippen LogP contribution >= 0.6 is 23.1 Å². The van der Waals surface area contributed by atoms with Gasteiger partial charge in [-0.2, -0.15) is 0 Å². The van der Waals surface area contributed by atoms with E-state index in [-0.39, 0.29) is 16.6 Å². The molecule has 0 aliphatic heterocycles. The molecular weight excluding hydrogens is 454 g/mol. The first-order valence-corrected chi connectivity index (χ1v) is 12.5. The standard InChI is InChI=1S/C20H23N5O3S3/c1-13-6-5-7-17(14(13)2)22-19-23-24-20(30-19)29-12-18(26)21-15-8-10-16(11-9-15)31(27,28)25(3)4/h5-11H,12H2,1-4H3,(H,21,26)(H,22,23). The van der Waals surface area contributed by atoms with Gasteiger partial charge in [-0.05, 0) is 55.3 Å². The highest BCUT2D eigenvalue weighted by atomic mass is 32.2. The fourth-order valence-electron chi connectivity index (χ4n) is 2.57. The van der Waals surface area contributed by atoms with Gasteiger partial charge in [-0.25, -0.2) is 12.7 Å². The molecule has 0 aliphatic rings. The number of anilines is 3. The van der Waals surface area contributed by atoms with Crippen molar-refractivity contribution in [3.63, 3.8) is 0 Å². The van der Waals surface area contributed by atoms with Crippen LogP contribution in [-0.4, -0.2) is 48.7 Å². The van der Waals surface area contributed by atoms with E-state index < -0.39 is 10.0 Å². The predicted molar refractivity (Wildman–Crippen MR) is 126 cm³/mol. The Kier molecular flexibility index (Phi) is 7.31. The Hall–Kier alpha value is -2.47. The molecule has 0 spiro atoms. The number of hydrogen-bond donors (Lipinski definition) is 2. The van der Waals surface area contributed by atoms with Crippen LogP contribution < -0.4 is 10.6 Å². The molecule has 0 fully saturated rings. The minimum absolute atomic E-state index is 0.163. The Labute approximate surface area is 190 Å². The summed E-state index contributed by atoms with van der Waals surface area (Å²) in [6, 6.07) is 12.1. The van der Waals surface area contributed by atoms with Gasteiger partial charge < -0.3 is 10.6 Å². The molecule has 3 aromatic rings. The molecule has 0 bridgehead atoms. The molecule has 3 rings (SSSR count). The first kappa shape index (κ1) is 23.2. The summed E-state index contributed by atoms with van der Waals surface area (Å²) in [6.07, 6.45) is 0. The maximum Gasteiger partial charge on any atom is 0.242 e. The van der Waals surface area contributed by atoms with E-state index in [9.17, 15) is 13.2 Å².